The van der Waals surface area contributed by atoms with Gasteiger partial charge in [0.25, 0.3) is 0 Å². The number of nitrogens with zero attached hydrogens (tertiary/aromatic N) is 2. The molecule has 0 fully saturated rings. The largest absolute Gasteiger partial charge is 0.465 e. The summed E-state index contributed by atoms with van der Waals surface area (Å²) in [6, 6.07) is 10.1. The summed E-state index contributed by atoms with van der Waals surface area (Å²) in [6.07, 6.45) is 2.58. The van der Waals surface area contributed by atoms with Gasteiger partial charge in [-0.3, -0.25) is 10.2 Å². The third-order valence-electron chi connectivity index (χ3n) is 4.90. The molecule has 9 nitrogen and oxygen atoms in total. The van der Waals surface area contributed by atoms with Crippen LogP contribution < -0.4 is 5.32 Å². The van der Waals surface area contributed by atoms with E-state index in [9.17, 15) is 19.5 Å². The van der Waals surface area contributed by atoms with Crippen LogP contribution in [0.5, 0.6) is 0 Å². The second-order valence-electron chi connectivity index (χ2n) is 6.93. The quantitative estimate of drug-likeness (QED) is 0.262. The standard InChI is InChI=1S/C24H27N3O6S/c1-5-27(14-13-17-11-9-8-10-12-17)16(4)18-15-25-21(34-18)19(22(28)32-6-2)20(26-24(30)31)23(29)33-7-3/h6-12,15-16,26H,2-3,5,13-14H2,1,4H3,(H,30,31)/b20-19-. The first-order valence-electron chi connectivity index (χ1n) is 10.4. The summed E-state index contributed by atoms with van der Waals surface area (Å²) in [6.45, 7) is 12.3. The van der Waals surface area contributed by atoms with Crippen LogP contribution in [0.15, 0.2) is 67.9 Å². The summed E-state index contributed by atoms with van der Waals surface area (Å²) in [5.74, 6) is -2.14. The normalized spacial score (nSPS) is 12.3. The number of carbonyl (C=O) groups excluding carboxylic acids is 2. The van der Waals surface area contributed by atoms with E-state index in [1.54, 1.807) is 6.20 Å². The van der Waals surface area contributed by atoms with Gasteiger partial charge in [-0.15, -0.1) is 11.3 Å². The van der Waals surface area contributed by atoms with Crippen molar-refractivity contribution in [3.8, 4) is 0 Å². The van der Waals surface area contributed by atoms with Gasteiger partial charge in [0.05, 0.1) is 12.5 Å². The molecule has 0 aliphatic rings. The van der Waals surface area contributed by atoms with Crippen LogP contribution in [-0.4, -0.2) is 46.1 Å². The molecular formula is C24H27N3O6S. The number of amides is 1. The lowest BCUT2D eigenvalue weighted by atomic mass is 10.1. The topological polar surface area (TPSA) is 118 Å². The minimum absolute atomic E-state index is 0.0485. The van der Waals surface area contributed by atoms with Crippen LogP contribution in [0.3, 0.4) is 0 Å². The molecule has 1 aromatic heterocycles. The van der Waals surface area contributed by atoms with Crippen molar-refractivity contribution in [3.05, 3.63) is 83.4 Å². The number of esters is 2. The maximum atomic E-state index is 12.6. The molecule has 34 heavy (non-hydrogen) atoms. The summed E-state index contributed by atoms with van der Waals surface area (Å²) in [4.78, 5) is 43.7. The molecule has 0 radical (unpaired) electrons. The van der Waals surface area contributed by atoms with E-state index in [0.717, 1.165) is 48.2 Å². The number of carbonyl (C=O) groups is 3. The van der Waals surface area contributed by atoms with Crippen molar-refractivity contribution < 1.29 is 29.0 Å². The van der Waals surface area contributed by atoms with E-state index in [1.807, 2.05) is 30.4 Å². The minimum Gasteiger partial charge on any atom is -0.465 e. The van der Waals surface area contributed by atoms with E-state index in [0.29, 0.717) is 0 Å². The zero-order valence-electron chi connectivity index (χ0n) is 19.0. The highest BCUT2D eigenvalue weighted by atomic mass is 32.1. The fourth-order valence-corrected chi connectivity index (χ4v) is 4.25. The van der Waals surface area contributed by atoms with Crippen molar-refractivity contribution in [2.24, 2.45) is 0 Å². The predicted octanol–water partition coefficient (Wildman–Crippen LogP) is 4.12. The number of hydrogen-bond acceptors (Lipinski definition) is 8. The second kappa shape index (κ2) is 13.1. The molecule has 1 aromatic carbocycles. The Balaban J connectivity index is 2.39. The highest BCUT2D eigenvalue weighted by molar-refractivity contribution is 7.13. The molecule has 0 aliphatic carbocycles. The Labute approximate surface area is 202 Å². The van der Waals surface area contributed by atoms with Crippen LogP contribution in [-0.2, 0) is 25.5 Å². The molecule has 2 rings (SSSR count). The van der Waals surface area contributed by atoms with Gasteiger partial charge in [0, 0.05) is 23.7 Å². The van der Waals surface area contributed by atoms with E-state index in [-0.39, 0.29) is 16.6 Å². The first-order valence-corrected chi connectivity index (χ1v) is 11.3. The Morgan fingerprint density at radius 3 is 2.41 bits per heavy atom. The molecule has 2 aromatic rings. The summed E-state index contributed by atoms with van der Waals surface area (Å²) in [7, 11) is 0. The van der Waals surface area contributed by atoms with Crippen LogP contribution in [0.1, 0.15) is 35.3 Å². The zero-order chi connectivity index (χ0) is 25.1. The van der Waals surface area contributed by atoms with Crippen molar-refractivity contribution in [1.82, 2.24) is 15.2 Å². The molecular weight excluding hydrogens is 458 g/mol. The SMILES string of the molecule is C=COC(=O)/C(NC(=O)O)=C(/C(=O)OC=C)c1ncc(C(C)N(CC)CCc2ccccc2)s1. The van der Waals surface area contributed by atoms with E-state index in [2.05, 4.69) is 42.1 Å². The predicted molar refractivity (Wildman–Crippen MR) is 129 cm³/mol. The molecule has 1 unspecified atom stereocenters. The van der Waals surface area contributed by atoms with Crippen molar-refractivity contribution in [2.75, 3.05) is 13.1 Å². The number of carboxylic acid groups (broad SMARTS) is 1. The maximum Gasteiger partial charge on any atom is 0.409 e. The van der Waals surface area contributed by atoms with Gasteiger partial charge < -0.3 is 14.6 Å². The van der Waals surface area contributed by atoms with Crippen molar-refractivity contribution in [2.45, 2.75) is 26.3 Å². The van der Waals surface area contributed by atoms with Gasteiger partial charge in [-0.2, -0.15) is 0 Å². The van der Waals surface area contributed by atoms with Crippen LogP contribution in [0, 0.1) is 0 Å². The average Bonchev–Trinajstić information content (AvgIpc) is 3.29. The summed E-state index contributed by atoms with van der Waals surface area (Å²) in [5.41, 5.74) is 0.204. The van der Waals surface area contributed by atoms with E-state index >= 15 is 0 Å². The Morgan fingerprint density at radius 1 is 1.18 bits per heavy atom. The molecule has 0 bridgehead atoms. The zero-order valence-corrected chi connectivity index (χ0v) is 19.8. The van der Waals surface area contributed by atoms with Gasteiger partial charge in [0.15, 0.2) is 0 Å². The minimum atomic E-state index is -1.57. The number of hydrogen-bond donors (Lipinski definition) is 2. The Kier molecular flexibility index (Phi) is 10.2. The van der Waals surface area contributed by atoms with E-state index < -0.39 is 23.7 Å². The second-order valence-corrected chi connectivity index (χ2v) is 7.99. The molecule has 1 heterocycles. The monoisotopic (exact) mass is 485 g/mol. The highest BCUT2D eigenvalue weighted by Crippen LogP contribution is 2.31. The Morgan fingerprint density at radius 2 is 1.82 bits per heavy atom. The van der Waals surface area contributed by atoms with Crippen LogP contribution in [0.2, 0.25) is 0 Å². The summed E-state index contributed by atoms with van der Waals surface area (Å²) < 4.78 is 9.53. The lowest BCUT2D eigenvalue weighted by Crippen LogP contribution is -2.29. The van der Waals surface area contributed by atoms with Crippen molar-refractivity contribution in [1.29, 1.82) is 0 Å². The molecule has 0 spiro atoms. The molecule has 1 atom stereocenters. The fourth-order valence-electron chi connectivity index (χ4n) is 3.21. The summed E-state index contributed by atoms with van der Waals surface area (Å²) in [5, 5.41) is 11.2. The molecule has 0 saturated carbocycles. The number of rotatable bonds is 12. The van der Waals surface area contributed by atoms with Crippen LogP contribution >= 0.6 is 11.3 Å². The highest BCUT2D eigenvalue weighted by Gasteiger charge is 2.29. The number of benzene rings is 1. The molecule has 180 valence electrons. The Hall–Kier alpha value is -3.76. The third kappa shape index (κ3) is 7.12. The van der Waals surface area contributed by atoms with Gasteiger partial charge in [0.2, 0.25) is 0 Å². The number of aromatic nitrogens is 1. The van der Waals surface area contributed by atoms with Gasteiger partial charge in [0.1, 0.15) is 16.3 Å². The fraction of sp³-hybridized carbons (Fsp3) is 0.250. The smallest absolute Gasteiger partial charge is 0.409 e. The van der Waals surface area contributed by atoms with E-state index in [4.69, 9.17) is 9.47 Å². The first kappa shape index (κ1) is 26.5. The van der Waals surface area contributed by atoms with Gasteiger partial charge in [-0.1, -0.05) is 50.4 Å². The summed E-state index contributed by atoms with van der Waals surface area (Å²) >= 11 is 1.15. The molecule has 10 heteroatoms. The molecule has 0 aliphatic heterocycles. The van der Waals surface area contributed by atoms with Crippen LogP contribution in [0.25, 0.3) is 5.57 Å². The van der Waals surface area contributed by atoms with Gasteiger partial charge in [-0.05, 0) is 25.5 Å². The lowest BCUT2D eigenvalue weighted by Gasteiger charge is -2.26. The molecule has 1 amide bonds. The number of ether oxygens (including phenoxy) is 2. The first-order chi connectivity index (χ1) is 16.3. The maximum absolute atomic E-state index is 12.6. The van der Waals surface area contributed by atoms with Gasteiger partial charge in [-0.25, -0.2) is 19.4 Å². The van der Waals surface area contributed by atoms with Gasteiger partial charge >= 0.3 is 18.0 Å². The van der Waals surface area contributed by atoms with Crippen molar-refractivity contribution in [3.63, 3.8) is 0 Å². The Bertz CT molecular complexity index is 1060. The van der Waals surface area contributed by atoms with Crippen molar-refractivity contribution >= 4 is 34.9 Å². The molecule has 2 N–H and O–H groups in total. The average molecular weight is 486 g/mol. The number of likely N-dealkylation sites (N-methyl/N-ethyl adjacent to an activating group) is 1. The third-order valence-corrected chi connectivity index (χ3v) is 6.09. The van der Waals surface area contributed by atoms with E-state index in [1.165, 1.54) is 5.56 Å². The lowest BCUT2D eigenvalue weighted by molar-refractivity contribution is -0.135. The van der Waals surface area contributed by atoms with Crippen LogP contribution in [0.4, 0.5) is 4.79 Å². The number of thiazole rings is 1. The molecule has 0 saturated heterocycles. The number of nitrogens with one attached hydrogen (secondary N) is 1.